The van der Waals surface area contributed by atoms with Crippen molar-refractivity contribution in [1.82, 2.24) is 10.2 Å². The topological polar surface area (TPSA) is 138 Å². The number of carboxylic acids is 1. The van der Waals surface area contributed by atoms with E-state index in [-0.39, 0.29) is 11.6 Å². The number of nitrogens with two attached hydrogens (primary N) is 1. The molecule has 9 heteroatoms. The third-order valence-electron chi connectivity index (χ3n) is 4.25. The summed E-state index contributed by atoms with van der Waals surface area (Å²) < 4.78 is 0. The molecular formula is C12H16N4O4S. The summed E-state index contributed by atoms with van der Waals surface area (Å²) in [4.78, 5) is 29.5. The van der Waals surface area contributed by atoms with Gasteiger partial charge in [0.2, 0.25) is 0 Å². The number of β-lactam (4-membered cyclic amide) rings is 1. The number of aliphatic imine (C=N–C) groups is 1. The Labute approximate surface area is 125 Å². The Balaban J connectivity index is 1.82. The largest absolute Gasteiger partial charge is 0.477 e. The summed E-state index contributed by atoms with van der Waals surface area (Å²) in [5.41, 5.74) is 3.41. The molecule has 8 nitrogen and oxygen atoms in total. The average molecular weight is 312 g/mol. The van der Waals surface area contributed by atoms with Crippen LogP contribution in [-0.2, 0) is 9.59 Å². The van der Waals surface area contributed by atoms with Gasteiger partial charge in [-0.1, -0.05) is 0 Å². The predicted molar refractivity (Wildman–Crippen MR) is 76.4 cm³/mol. The Hall–Kier alpha value is -1.58. The van der Waals surface area contributed by atoms with Crippen LogP contribution in [0.1, 0.15) is 13.3 Å². The zero-order chi connectivity index (χ0) is 15.4. The van der Waals surface area contributed by atoms with Crippen LogP contribution in [0.5, 0.6) is 0 Å². The summed E-state index contributed by atoms with van der Waals surface area (Å²) in [5.74, 6) is -0.914. The molecule has 114 valence electrons. The standard InChI is InChI=1S/C12H16N4O4S/c1-6(17)12-10(20)16-8(9(18)19)7(4-11(12,16)15-12)21-3-2-14-5-13/h5-6,15,17H,2-4H2,1H3,(H2,13,14)(H,18,19)/t6-,11-,12-/m1/s1. The highest BCUT2D eigenvalue weighted by molar-refractivity contribution is 8.03. The summed E-state index contributed by atoms with van der Waals surface area (Å²) in [6, 6.07) is 0. The number of carboxylic acid groups (broad SMARTS) is 1. The predicted octanol–water partition coefficient (Wildman–Crippen LogP) is -1.33. The van der Waals surface area contributed by atoms with Crippen molar-refractivity contribution in [1.29, 1.82) is 0 Å². The first-order valence-corrected chi connectivity index (χ1v) is 7.52. The van der Waals surface area contributed by atoms with Crippen molar-refractivity contribution >= 4 is 30.0 Å². The molecule has 0 radical (unpaired) electrons. The molecule has 0 aliphatic carbocycles. The lowest BCUT2D eigenvalue weighted by atomic mass is 9.83. The maximum absolute atomic E-state index is 12.2. The van der Waals surface area contributed by atoms with Gasteiger partial charge in [0.15, 0.2) is 5.54 Å². The maximum atomic E-state index is 12.2. The van der Waals surface area contributed by atoms with Crippen LogP contribution >= 0.6 is 11.8 Å². The molecule has 0 aromatic rings. The van der Waals surface area contributed by atoms with E-state index in [1.807, 2.05) is 0 Å². The van der Waals surface area contributed by atoms with Crippen molar-refractivity contribution in [3.05, 3.63) is 10.6 Å². The molecule has 2 saturated heterocycles. The van der Waals surface area contributed by atoms with Gasteiger partial charge in [-0.25, -0.2) is 4.79 Å². The first kappa shape index (κ1) is 14.4. The van der Waals surface area contributed by atoms with Crippen molar-refractivity contribution in [2.45, 2.75) is 30.7 Å². The Morgan fingerprint density at radius 2 is 2.43 bits per heavy atom. The number of aliphatic hydroxyl groups excluding tert-OH is 1. The van der Waals surface area contributed by atoms with E-state index in [4.69, 9.17) is 5.73 Å². The number of carbonyl (C=O) groups is 2. The van der Waals surface area contributed by atoms with E-state index in [1.54, 1.807) is 6.92 Å². The van der Waals surface area contributed by atoms with Gasteiger partial charge in [0, 0.05) is 17.1 Å². The quantitative estimate of drug-likeness (QED) is 0.157. The molecule has 0 unspecified atom stereocenters. The number of carbonyl (C=O) groups excluding carboxylic acids is 1. The van der Waals surface area contributed by atoms with Crippen LogP contribution in [0.4, 0.5) is 0 Å². The Bertz CT molecular complexity index is 590. The molecule has 3 rings (SSSR count). The normalized spacial score (nSPS) is 34.8. The number of nitrogens with one attached hydrogen (secondary N) is 1. The molecule has 0 aromatic carbocycles. The van der Waals surface area contributed by atoms with Gasteiger partial charge in [0.25, 0.3) is 5.91 Å². The van der Waals surface area contributed by atoms with Crippen molar-refractivity contribution in [3.8, 4) is 0 Å². The molecule has 0 aromatic heterocycles. The zero-order valence-corrected chi connectivity index (χ0v) is 12.2. The van der Waals surface area contributed by atoms with E-state index in [0.717, 1.165) is 0 Å². The smallest absolute Gasteiger partial charge is 0.353 e. The second kappa shape index (κ2) is 4.46. The summed E-state index contributed by atoms with van der Waals surface area (Å²) in [5, 5.41) is 22.2. The number of nitrogens with zero attached hydrogens (tertiary/aromatic N) is 2. The molecule has 5 N–H and O–H groups in total. The summed E-state index contributed by atoms with van der Waals surface area (Å²) in [6.45, 7) is 2.02. The third kappa shape index (κ3) is 1.56. The molecule has 0 saturated carbocycles. The fraction of sp³-hybridized carbons (Fsp3) is 0.583. The lowest BCUT2D eigenvalue weighted by Crippen LogP contribution is -2.66. The van der Waals surface area contributed by atoms with Gasteiger partial charge < -0.3 is 15.9 Å². The van der Waals surface area contributed by atoms with Gasteiger partial charge >= 0.3 is 5.97 Å². The number of thioether (sulfide) groups is 1. The van der Waals surface area contributed by atoms with Crippen molar-refractivity contribution in [2.75, 3.05) is 12.3 Å². The van der Waals surface area contributed by atoms with Crippen LogP contribution < -0.4 is 11.1 Å². The summed E-state index contributed by atoms with van der Waals surface area (Å²) in [7, 11) is 0. The Kier molecular flexibility index (Phi) is 3.05. The molecule has 2 fully saturated rings. The van der Waals surface area contributed by atoms with Crippen LogP contribution in [0, 0.1) is 0 Å². The van der Waals surface area contributed by atoms with Gasteiger partial charge in [0.1, 0.15) is 11.4 Å². The molecule has 21 heavy (non-hydrogen) atoms. The van der Waals surface area contributed by atoms with E-state index in [0.29, 0.717) is 23.6 Å². The summed E-state index contributed by atoms with van der Waals surface area (Å²) >= 11 is 1.36. The van der Waals surface area contributed by atoms with Crippen molar-refractivity contribution < 1.29 is 19.8 Å². The third-order valence-corrected chi connectivity index (χ3v) is 5.32. The minimum Gasteiger partial charge on any atom is -0.477 e. The van der Waals surface area contributed by atoms with E-state index in [2.05, 4.69) is 10.3 Å². The first-order chi connectivity index (χ1) is 9.92. The number of aliphatic hydroxyl groups is 1. The minimum absolute atomic E-state index is 0.0167. The Morgan fingerprint density at radius 1 is 1.71 bits per heavy atom. The molecule has 3 aliphatic rings. The Morgan fingerprint density at radius 3 is 2.95 bits per heavy atom. The van der Waals surface area contributed by atoms with Gasteiger partial charge in [0.05, 0.1) is 19.0 Å². The number of amides is 1. The number of hydrogen-bond acceptors (Lipinski definition) is 6. The molecule has 1 spiro atoms. The summed E-state index contributed by atoms with van der Waals surface area (Å²) in [6.07, 6.45) is 0.753. The second-order valence-electron chi connectivity index (χ2n) is 5.27. The van der Waals surface area contributed by atoms with Gasteiger partial charge in [-0.15, -0.1) is 11.8 Å². The van der Waals surface area contributed by atoms with Gasteiger partial charge in [-0.05, 0) is 6.92 Å². The van der Waals surface area contributed by atoms with Crippen molar-refractivity contribution in [2.24, 2.45) is 10.7 Å². The highest BCUT2D eigenvalue weighted by Gasteiger charge is 2.90. The molecule has 3 heterocycles. The molecule has 3 atom stereocenters. The number of hydrogen-bond donors (Lipinski definition) is 4. The van der Waals surface area contributed by atoms with E-state index >= 15 is 0 Å². The molecule has 3 aliphatic heterocycles. The van der Waals surface area contributed by atoms with Crippen LogP contribution in [-0.4, -0.2) is 62.9 Å². The monoisotopic (exact) mass is 312 g/mol. The fourth-order valence-electron chi connectivity index (χ4n) is 3.31. The van der Waals surface area contributed by atoms with Crippen LogP contribution in [0.25, 0.3) is 0 Å². The minimum atomic E-state index is -1.13. The SMILES string of the molecule is C[C@@H](O)[C@]12N[C@@]13CC(SCCN=CN)=C(C(=O)O)N3C2=O. The van der Waals surface area contributed by atoms with E-state index < -0.39 is 23.3 Å². The van der Waals surface area contributed by atoms with Crippen molar-refractivity contribution in [3.63, 3.8) is 0 Å². The first-order valence-electron chi connectivity index (χ1n) is 6.53. The highest BCUT2D eigenvalue weighted by atomic mass is 32.2. The second-order valence-corrected chi connectivity index (χ2v) is 6.46. The maximum Gasteiger partial charge on any atom is 0.353 e. The lowest BCUT2D eigenvalue weighted by Gasteiger charge is -2.40. The number of aliphatic carboxylic acids is 1. The van der Waals surface area contributed by atoms with E-state index in [9.17, 15) is 19.8 Å². The number of rotatable bonds is 6. The average Bonchev–Trinajstić information content (AvgIpc) is 2.89. The molecule has 1 amide bonds. The zero-order valence-electron chi connectivity index (χ0n) is 11.4. The van der Waals surface area contributed by atoms with Crippen LogP contribution in [0.3, 0.4) is 0 Å². The fourth-order valence-corrected chi connectivity index (χ4v) is 4.38. The highest BCUT2D eigenvalue weighted by Crippen LogP contribution is 2.64. The lowest BCUT2D eigenvalue weighted by molar-refractivity contribution is -0.153. The van der Waals surface area contributed by atoms with Gasteiger partial charge in [-0.3, -0.25) is 20.0 Å². The van der Waals surface area contributed by atoms with Crippen LogP contribution in [0.2, 0.25) is 0 Å². The molecule has 0 bridgehead atoms. The molecular weight excluding hydrogens is 296 g/mol. The van der Waals surface area contributed by atoms with E-state index in [1.165, 1.54) is 23.0 Å². The van der Waals surface area contributed by atoms with Crippen LogP contribution in [0.15, 0.2) is 15.6 Å². The van der Waals surface area contributed by atoms with Gasteiger partial charge in [-0.2, -0.15) is 0 Å².